The Labute approximate surface area is 119 Å². The molecule has 0 aliphatic carbocycles. The molecular weight excluding hydrogens is 288 g/mol. The van der Waals surface area contributed by atoms with Crippen molar-refractivity contribution in [3.05, 3.63) is 63.4 Å². The first-order valence-corrected chi connectivity index (χ1v) is 6.12. The van der Waals surface area contributed by atoms with Gasteiger partial charge in [0.15, 0.2) is 0 Å². The molecule has 0 spiro atoms. The highest BCUT2D eigenvalue weighted by Gasteiger charge is 2.09. The second-order valence-electron chi connectivity index (χ2n) is 3.76. The molecule has 0 saturated heterocycles. The van der Waals surface area contributed by atoms with Gasteiger partial charge >= 0.3 is 0 Å². The fourth-order valence-electron chi connectivity index (χ4n) is 1.52. The zero-order chi connectivity index (χ0) is 13.8. The minimum Gasteiger partial charge on any atom is -0.487 e. The summed E-state index contributed by atoms with van der Waals surface area (Å²) in [6, 6.07) is 11.1. The number of ether oxygens (including phenoxy) is 1. The lowest BCUT2D eigenvalue weighted by Crippen LogP contribution is -1.98. The van der Waals surface area contributed by atoms with E-state index in [1.165, 1.54) is 12.1 Å². The highest BCUT2D eigenvalue weighted by atomic mass is 35.5. The van der Waals surface area contributed by atoms with Crippen molar-refractivity contribution in [2.24, 2.45) is 0 Å². The minimum atomic E-state index is -0.603. The highest BCUT2D eigenvalue weighted by Crippen LogP contribution is 2.25. The van der Waals surface area contributed by atoms with Crippen molar-refractivity contribution < 1.29 is 9.13 Å². The number of hydrogen-bond acceptors (Lipinski definition) is 2. The summed E-state index contributed by atoms with van der Waals surface area (Å²) < 4.78 is 18.8. The molecule has 0 atom stereocenters. The van der Waals surface area contributed by atoms with Gasteiger partial charge in [0.05, 0.1) is 10.0 Å². The molecule has 2 aromatic rings. The molecule has 0 N–H and O–H groups in total. The Bertz CT molecular complexity index is 652. The van der Waals surface area contributed by atoms with Gasteiger partial charge in [-0.2, -0.15) is 5.26 Å². The molecule has 2 rings (SSSR count). The van der Waals surface area contributed by atoms with Crippen molar-refractivity contribution >= 4 is 23.2 Å². The largest absolute Gasteiger partial charge is 0.487 e. The van der Waals surface area contributed by atoms with Gasteiger partial charge in [-0.15, -0.1) is 0 Å². The fourth-order valence-corrected chi connectivity index (χ4v) is 1.84. The Balaban J connectivity index is 2.17. The number of hydrogen-bond donors (Lipinski definition) is 0. The van der Waals surface area contributed by atoms with E-state index in [0.717, 1.165) is 5.56 Å². The summed E-state index contributed by atoms with van der Waals surface area (Å²) in [4.78, 5) is 0. The Hall–Kier alpha value is -1.76. The summed E-state index contributed by atoms with van der Waals surface area (Å²) in [6.45, 7) is 0.176. The quantitative estimate of drug-likeness (QED) is 0.830. The maximum absolute atomic E-state index is 13.4. The lowest BCUT2D eigenvalue weighted by atomic mass is 10.2. The van der Waals surface area contributed by atoms with Crippen LogP contribution in [-0.4, -0.2) is 0 Å². The predicted molar refractivity (Wildman–Crippen MR) is 71.9 cm³/mol. The van der Waals surface area contributed by atoms with Crippen molar-refractivity contribution in [2.75, 3.05) is 0 Å². The second kappa shape index (κ2) is 5.92. The lowest BCUT2D eigenvalue weighted by molar-refractivity contribution is 0.303. The van der Waals surface area contributed by atoms with Crippen molar-refractivity contribution in [2.45, 2.75) is 6.61 Å². The Morgan fingerprint density at radius 2 is 1.95 bits per heavy atom. The molecule has 0 heterocycles. The van der Waals surface area contributed by atoms with Crippen LogP contribution < -0.4 is 4.74 Å². The van der Waals surface area contributed by atoms with Gasteiger partial charge in [-0.3, -0.25) is 0 Å². The topological polar surface area (TPSA) is 33.0 Å². The number of halogens is 3. The summed E-state index contributed by atoms with van der Waals surface area (Å²) in [7, 11) is 0. The summed E-state index contributed by atoms with van der Waals surface area (Å²) in [5.74, 6) is -0.400. The van der Waals surface area contributed by atoms with Gasteiger partial charge in [0.2, 0.25) is 0 Å². The van der Waals surface area contributed by atoms with E-state index in [4.69, 9.17) is 33.2 Å². The van der Waals surface area contributed by atoms with E-state index in [-0.39, 0.29) is 17.9 Å². The molecule has 2 aromatic carbocycles. The van der Waals surface area contributed by atoms with E-state index in [2.05, 4.69) is 0 Å². The summed E-state index contributed by atoms with van der Waals surface area (Å²) in [5, 5.41) is 9.74. The highest BCUT2D eigenvalue weighted by molar-refractivity contribution is 6.42. The Kier molecular flexibility index (Phi) is 4.26. The summed E-state index contributed by atoms with van der Waals surface area (Å²) >= 11 is 11.7. The van der Waals surface area contributed by atoms with Gasteiger partial charge in [-0.1, -0.05) is 35.3 Å². The first-order valence-electron chi connectivity index (χ1n) is 5.37. The van der Waals surface area contributed by atoms with Crippen LogP contribution in [0.25, 0.3) is 0 Å². The third-order valence-corrected chi connectivity index (χ3v) is 3.20. The third kappa shape index (κ3) is 3.17. The monoisotopic (exact) mass is 295 g/mol. The Morgan fingerprint density at radius 3 is 2.63 bits per heavy atom. The molecule has 0 aliphatic rings. The fraction of sp³-hybridized carbons (Fsp3) is 0.0714. The number of nitriles is 1. The van der Waals surface area contributed by atoms with E-state index >= 15 is 0 Å². The van der Waals surface area contributed by atoms with Gasteiger partial charge in [0, 0.05) is 0 Å². The maximum Gasteiger partial charge on any atom is 0.144 e. The standard InChI is InChI=1S/C14H8Cl2FNO/c15-11-5-4-9(6-12(11)16)8-19-14-3-1-2-13(17)10(14)7-18/h1-6H,8H2. The average molecular weight is 296 g/mol. The predicted octanol–water partition coefficient (Wildman–Crippen LogP) is 4.58. The van der Waals surface area contributed by atoms with Crippen molar-refractivity contribution in [1.29, 1.82) is 5.26 Å². The molecule has 0 fully saturated rings. The van der Waals surface area contributed by atoms with Crippen LogP contribution in [0.1, 0.15) is 11.1 Å². The molecule has 2 nitrogen and oxygen atoms in total. The molecule has 0 bridgehead atoms. The van der Waals surface area contributed by atoms with Gasteiger partial charge in [0.1, 0.15) is 29.8 Å². The zero-order valence-corrected chi connectivity index (χ0v) is 11.2. The summed E-state index contributed by atoms with van der Waals surface area (Å²) in [6.07, 6.45) is 0. The van der Waals surface area contributed by atoms with E-state index in [1.54, 1.807) is 30.3 Å². The normalized spacial score (nSPS) is 10.0. The molecule has 19 heavy (non-hydrogen) atoms. The van der Waals surface area contributed by atoms with E-state index in [0.29, 0.717) is 10.0 Å². The number of benzene rings is 2. The molecule has 0 amide bonds. The lowest BCUT2D eigenvalue weighted by Gasteiger charge is -2.08. The first-order chi connectivity index (χ1) is 9.11. The summed E-state index contributed by atoms with van der Waals surface area (Å²) in [5.41, 5.74) is 0.671. The van der Waals surface area contributed by atoms with E-state index in [1.807, 2.05) is 0 Å². The van der Waals surface area contributed by atoms with Crippen molar-refractivity contribution in [3.63, 3.8) is 0 Å². The molecule has 0 aromatic heterocycles. The molecule has 96 valence electrons. The van der Waals surface area contributed by atoms with Crippen molar-refractivity contribution in [3.8, 4) is 11.8 Å². The average Bonchev–Trinajstić information content (AvgIpc) is 2.40. The van der Waals surface area contributed by atoms with Crippen LogP contribution >= 0.6 is 23.2 Å². The van der Waals surface area contributed by atoms with E-state index < -0.39 is 5.82 Å². The van der Waals surface area contributed by atoms with Crippen LogP contribution in [0.3, 0.4) is 0 Å². The number of nitrogens with zero attached hydrogens (tertiary/aromatic N) is 1. The van der Waals surface area contributed by atoms with Gasteiger partial charge < -0.3 is 4.74 Å². The molecule has 0 unspecified atom stereocenters. The van der Waals surface area contributed by atoms with Crippen LogP contribution in [0.15, 0.2) is 36.4 Å². The molecule has 0 radical (unpaired) electrons. The molecule has 0 aliphatic heterocycles. The van der Waals surface area contributed by atoms with Gasteiger partial charge in [-0.25, -0.2) is 4.39 Å². The van der Waals surface area contributed by atoms with Crippen LogP contribution in [0.5, 0.6) is 5.75 Å². The van der Waals surface area contributed by atoms with Crippen LogP contribution in [0.2, 0.25) is 10.0 Å². The minimum absolute atomic E-state index is 0.109. The second-order valence-corrected chi connectivity index (χ2v) is 4.58. The van der Waals surface area contributed by atoms with Crippen LogP contribution in [0, 0.1) is 17.1 Å². The Morgan fingerprint density at radius 1 is 1.16 bits per heavy atom. The third-order valence-electron chi connectivity index (χ3n) is 2.47. The molecule has 5 heteroatoms. The van der Waals surface area contributed by atoms with E-state index in [9.17, 15) is 4.39 Å². The molecule has 0 saturated carbocycles. The maximum atomic E-state index is 13.4. The van der Waals surface area contributed by atoms with Crippen LogP contribution in [0.4, 0.5) is 4.39 Å². The number of rotatable bonds is 3. The van der Waals surface area contributed by atoms with Gasteiger partial charge in [-0.05, 0) is 29.8 Å². The first kappa shape index (κ1) is 13.7. The van der Waals surface area contributed by atoms with Gasteiger partial charge in [0.25, 0.3) is 0 Å². The smallest absolute Gasteiger partial charge is 0.144 e. The molecular formula is C14H8Cl2FNO. The zero-order valence-electron chi connectivity index (χ0n) is 9.66. The van der Waals surface area contributed by atoms with Crippen LogP contribution in [-0.2, 0) is 6.61 Å². The SMILES string of the molecule is N#Cc1c(F)cccc1OCc1ccc(Cl)c(Cl)c1. The van der Waals surface area contributed by atoms with Crippen molar-refractivity contribution in [1.82, 2.24) is 0 Å².